The molecule has 0 atom stereocenters. The van der Waals surface area contributed by atoms with Crippen molar-refractivity contribution in [2.24, 2.45) is 0 Å². The molecule has 0 unspecified atom stereocenters. The van der Waals surface area contributed by atoms with Crippen LogP contribution < -0.4 is 0 Å². The molecule has 0 spiro atoms. The summed E-state index contributed by atoms with van der Waals surface area (Å²) >= 11 is 0. The zero-order valence-corrected chi connectivity index (χ0v) is 10.2. The second kappa shape index (κ2) is 3.87. The molecule has 76 valence electrons. The van der Waals surface area contributed by atoms with Gasteiger partial charge in [-0.15, -0.1) is 0 Å². The van der Waals surface area contributed by atoms with Crippen LogP contribution in [0.5, 0.6) is 0 Å². The first-order chi connectivity index (χ1) is 6.68. The molecule has 0 N–H and O–H groups in total. The molecule has 1 heterocycles. The van der Waals surface area contributed by atoms with Crippen molar-refractivity contribution in [3.05, 3.63) is 35.9 Å². The van der Waals surface area contributed by atoms with Gasteiger partial charge in [0.15, 0.2) is 0 Å². The molecular weight excluding hydrogens is 186 g/mol. The second-order valence-electron chi connectivity index (χ2n) is 4.82. The highest BCUT2D eigenvalue weighted by molar-refractivity contribution is 6.75. The van der Waals surface area contributed by atoms with Crippen molar-refractivity contribution in [2.45, 2.75) is 32.1 Å². The molecule has 0 bridgehead atoms. The molecule has 0 saturated carbocycles. The van der Waals surface area contributed by atoms with Crippen LogP contribution in [0.15, 0.2) is 30.3 Å². The molecule has 0 amide bonds. The fourth-order valence-corrected chi connectivity index (χ4v) is 4.97. The molecule has 1 aromatic rings. The Labute approximate surface area is 87.8 Å². The lowest BCUT2D eigenvalue weighted by Gasteiger charge is -2.29. The third-order valence-electron chi connectivity index (χ3n) is 3.29. The minimum Gasteiger partial charge on any atom is -0.320 e. The van der Waals surface area contributed by atoms with E-state index in [2.05, 4.69) is 48.0 Å². The Morgan fingerprint density at radius 1 is 1.21 bits per heavy atom. The average Bonchev–Trinajstić information content (AvgIpc) is 2.48. The maximum atomic E-state index is 2.72. The minimum atomic E-state index is -1.02. The van der Waals surface area contributed by atoms with Crippen LogP contribution in [0.2, 0.25) is 19.1 Å². The molecule has 0 aliphatic carbocycles. The maximum Gasteiger partial charge on any atom is 0.122 e. The molecule has 0 radical (unpaired) electrons. The SMILES string of the molecule is C[Si]1(C)CCCN1Cc1ccccc1. The Morgan fingerprint density at radius 2 is 1.93 bits per heavy atom. The fourth-order valence-electron chi connectivity index (χ4n) is 2.26. The summed E-state index contributed by atoms with van der Waals surface area (Å²) in [7, 11) is -1.02. The Morgan fingerprint density at radius 3 is 2.50 bits per heavy atom. The Bertz CT molecular complexity index is 294. The van der Waals surface area contributed by atoms with Crippen LogP contribution in [0.25, 0.3) is 0 Å². The van der Waals surface area contributed by atoms with Crippen molar-refractivity contribution in [2.75, 3.05) is 6.54 Å². The molecule has 14 heavy (non-hydrogen) atoms. The second-order valence-corrected chi connectivity index (χ2v) is 9.58. The third kappa shape index (κ3) is 2.07. The van der Waals surface area contributed by atoms with Crippen LogP contribution in [-0.2, 0) is 6.54 Å². The third-order valence-corrected chi connectivity index (χ3v) is 6.96. The van der Waals surface area contributed by atoms with Crippen molar-refractivity contribution < 1.29 is 0 Å². The van der Waals surface area contributed by atoms with Gasteiger partial charge in [0.25, 0.3) is 0 Å². The highest BCUT2D eigenvalue weighted by Crippen LogP contribution is 2.27. The number of rotatable bonds is 2. The van der Waals surface area contributed by atoms with E-state index >= 15 is 0 Å². The summed E-state index contributed by atoms with van der Waals surface area (Å²) in [6.45, 7) is 7.46. The van der Waals surface area contributed by atoms with Gasteiger partial charge in [-0.2, -0.15) is 0 Å². The number of nitrogens with zero attached hydrogens (tertiary/aromatic N) is 1. The van der Waals surface area contributed by atoms with E-state index in [0.717, 1.165) is 0 Å². The Kier molecular flexibility index (Phi) is 2.75. The lowest BCUT2D eigenvalue weighted by Crippen LogP contribution is -2.42. The van der Waals surface area contributed by atoms with E-state index in [-0.39, 0.29) is 0 Å². The van der Waals surface area contributed by atoms with Gasteiger partial charge in [-0.3, -0.25) is 0 Å². The molecular formula is C12H19NSi. The van der Waals surface area contributed by atoms with E-state index in [1.807, 2.05) is 0 Å². The topological polar surface area (TPSA) is 3.24 Å². The van der Waals surface area contributed by atoms with Gasteiger partial charge in [-0.25, -0.2) is 0 Å². The van der Waals surface area contributed by atoms with Gasteiger partial charge < -0.3 is 4.57 Å². The predicted molar refractivity (Wildman–Crippen MR) is 63.8 cm³/mol. The van der Waals surface area contributed by atoms with E-state index in [4.69, 9.17) is 0 Å². The van der Waals surface area contributed by atoms with E-state index in [1.54, 1.807) is 0 Å². The maximum absolute atomic E-state index is 2.72. The van der Waals surface area contributed by atoms with Gasteiger partial charge >= 0.3 is 0 Å². The van der Waals surface area contributed by atoms with E-state index < -0.39 is 8.24 Å². The molecule has 1 nitrogen and oxygen atoms in total. The van der Waals surface area contributed by atoms with Crippen LogP contribution in [0.1, 0.15) is 12.0 Å². The van der Waals surface area contributed by atoms with Gasteiger partial charge in [0, 0.05) is 6.54 Å². The van der Waals surface area contributed by atoms with Gasteiger partial charge in [-0.05, 0) is 24.6 Å². The summed E-state index contributed by atoms with van der Waals surface area (Å²) in [5, 5.41) is 0. The first-order valence-electron chi connectivity index (χ1n) is 5.47. The summed E-state index contributed by atoms with van der Waals surface area (Å²) in [4.78, 5) is 0. The molecule has 1 aliphatic heterocycles. The molecule has 1 saturated heterocycles. The molecule has 1 aliphatic rings. The normalized spacial score (nSPS) is 21.3. The van der Waals surface area contributed by atoms with E-state index in [1.165, 1.54) is 31.1 Å². The number of hydrogen-bond acceptors (Lipinski definition) is 1. The smallest absolute Gasteiger partial charge is 0.122 e. The van der Waals surface area contributed by atoms with Crippen LogP contribution in [0.3, 0.4) is 0 Å². The van der Waals surface area contributed by atoms with E-state index in [9.17, 15) is 0 Å². The van der Waals surface area contributed by atoms with Gasteiger partial charge in [0.05, 0.1) is 0 Å². The van der Waals surface area contributed by atoms with Crippen molar-refractivity contribution in [1.82, 2.24) is 4.57 Å². The standard InChI is InChI=1S/C12H19NSi/c1-14(2)10-6-9-13(14)11-12-7-4-3-5-8-12/h3-5,7-8H,6,9-11H2,1-2H3. The van der Waals surface area contributed by atoms with Gasteiger partial charge in [0.2, 0.25) is 0 Å². The molecule has 0 aromatic heterocycles. The average molecular weight is 205 g/mol. The van der Waals surface area contributed by atoms with Crippen LogP contribution in [-0.4, -0.2) is 19.3 Å². The number of benzene rings is 1. The zero-order valence-electron chi connectivity index (χ0n) is 9.16. The molecule has 2 rings (SSSR count). The molecule has 2 heteroatoms. The van der Waals surface area contributed by atoms with Crippen molar-refractivity contribution in [1.29, 1.82) is 0 Å². The fraction of sp³-hybridized carbons (Fsp3) is 0.500. The summed E-state index contributed by atoms with van der Waals surface area (Å²) in [5.41, 5.74) is 1.47. The predicted octanol–water partition coefficient (Wildman–Crippen LogP) is 3.10. The largest absolute Gasteiger partial charge is 0.320 e. The van der Waals surface area contributed by atoms with Gasteiger partial charge in [-0.1, -0.05) is 43.4 Å². The molecule has 1 fully saturated rings. The lowest BCUT2D eigenvalue weighted by molar-refractivity contribution is 0.452. The molecule has 1 aromatic carbocycles. The van der Waals surface area contributed by atoms with Crippen molar-refractivity contribution >= 4 is 8.24 Å². The first kappa shape index (κ1) is 9.93. The first-order valence-corrected chi connectivity index (χ1v) is 8.63. The Hall–Kier alpha value is -0.603. The van der Waals surface area contributed by atoms with Crippen LogP contribution in [0.4, 0.5) is 0 Å². The summed E-state index contributed by atoms with van der Waals surface area (Å²) in [6.07, 6.45) is 1.41. The number of hydrogen-bond donors (Lipinski definition) is 0. The quantitative estimate of drug-likeness (QED) is 0.671. The van der Waals surface area contributed by atoms with Gasteiger partial charge in [0.1, 0.15) is 8.24 Å². The van der Waals surface area contributed by atoms with Crippen molar-refractivity contribution in [3.63, 3.8) is 0 Å². The highest BCUT2D eigenvalue weighted by Gasteiger charge is 2.33. The van der Waals surface area contributed by atoms with Crippen LogP contribution >= 0.6 is 0 Å². The summed E-state index contributed by atoms with van der Waals surface area (Å²) in [6, 6.07) is 12.3. The summed E-state index contributed by atoms with van der Waals surface area (Å²) in [5.74, 6) is 0. The monoisotopic (exact) mass is 205 g/mol. The zero-order chi connectivity index (χ0) is 10.0. The van der Waals surface area contributed by atoms with Crippen molar-refractivity contribution in [3.8, 4) is 0 Å². The van der Waals surface area contributed by atoms with Crippen LogP contribution in [0, 0.1) is 0 Å². The highest BCUT2D eigenvalue weighted by atomic mass is 28.3. The lowest BCUT2D eigenvalue weighted by atomic mass is 10.2. The Balaban J connectivity index is 2.05. The summed E-state index contributed by atoms with van der Waals surface area (Å²) < 4.78 is 2.72. The van der Waals surface area contributed by atoms with E-state index in [0.29, 0.717) is 0 Å². The minimum absolute atomic E-state index is 1.02.